The summed E-state index contributed by atoms with van der Waals surface area (Å²) >= 11 is 1.44. The molecule has 2 saturated heterocycles. The van der Waals surface area contributed by atoms with E-state index in [0.29, 0.717) is 30.7 Å². The molecule has 8 heteroatoms. The van der Waals surface area contributed by atoms with E-state index in [0.717, 1.165) is 35.3 Å². The van der Waals surface area contributed by atoms with Gasteiger partial charge in [0.15, 0.2) is 16.1 Å². The van der Waals surface area contributed by atoms with E-state index in [4.69, 9.17) is 9.57 Å². The van der Waals surface area contributed by atoms with Crippen molar-refractivity contribution in [3.8, 4) is 10.4 Å². The Labute approximate surface area is 193 Å². The summed E-state index contributed by atoms with van der Waals surface area (Å²) in [7, 11) is -3.51. The summed E-state index contributed by atoms with van der Waals surface area (Å²) in [5, 5.41) is 0. The van der Waals surface area contributed by atoms with Crippen LogP contribution >= 0.6 is 11.3 Å². The average Bonchev–Trinajstić information content (AvgIpc) is 3.30. The van der Waals surface area contributed by atoms with Crippen molar-refractivity contribution < 1.29 is 22.8 Å². The summed E-state index contributed by atoms with van der Waals surface area (Å²) in [4.78, 5) is 19.9. The van der Waals surface area contributed by atoms with E-state index in [-0.39, 0.29) is 12.2 Å². The van der Waals surface area contributed by atoms with Gasteiger partial charge < -0.3 is 4.74 Å². The minimum Gasteiger partial charge on any atom is -0.350 e. The first-order valence-electron chi connectivity index (χ1n) is 11.1. The summed E-state index contributed by atoms with van der Waals surface area (Å²) in [6, 6.07) is 11.8. The lowest BCUT2D eigenvalue weighted by molar-refractivity contribution is -0.200. The van der Waals surface area contributed by atoms with Crippen molar-refractivity contribution in [2.75, 3.05) is 12.4 Å². The molecule has 0 radical (unpaired) electrons. The van der Waals surface area contributed by atoms with E-state index >= 15 is 0 Å². The van der Waals surface area contributed by atoms with Crippen LogP contribution in [-0.4, -0.2) is 33.0 Å². The predicted octanol–water partition coefficient (Wildman–Crippen LogP) is 4.82. The molecule has 0 saturated carbocycles. The number of amides is 1. The lowest BCUT2D eigenvalue weighted by Crippen LogP contribution is -2.45. The van der Waals surface area contributed by atoms with Crippen molar-refractivity contribution in [3.63, 3.8) is 0 Å². The van der Waals surface area contributed by atoms with Gasteiger partial charge in [-0.1, -0.05) is 43.3 Å². The van der Waals surface area contributed by atoms with Crippen LogP contribution in [0.15, 0.2) is 43.0 Å². The lowest BCUT2D eigenvalue weighted by Gasteiger charge is -2.35. The Hall–Kier alpha value is -2.00. The lowest BCUT2D eigenvalue weighted by atomic mass is 9.94. The summed E-state index contributed by atoms with van der Waals surface area (Å²) < 4.78 is 30.9. The number of hydrogen-bond acceptors (Lipinski definition) is 6. The summed E-state index contributed by atoms with van der Waals surface area (Å²) in [5.41, 5.74) is 4.49. The molecule has 2 aromatic rings. The maximum absolute atomic E-state index is 13.3. The van der Waals surface area contributed by atoms with Gasteiger partial charge in [0.05, 0.1) is 12.2 Å². The van der Waals surface area contributed by atoms with E-state index < -0.39 is 26.8 Å². The molecule has 32 heavy (non-hydrogen) atoms. The number of nitrogens with one attached hydrogen (secondary N) is 1. The van der Waals surface area contributed by atoms with Crippen molar-refractivity contribution in [1.82, 2.24) is 5.48 Å². The fourth-order valence-corrected chi connectivity index (χ4v) is 8.15. The van der Waals surface area contributed by atoms with Crippen molar-refractivity contribution >= 4 is 33.2 Å². The Balaban J connectivity index is 1.57. The Kier molecular flexibility index (Phi) is 7.14. The topological polar surface area (TPSA) is 81.7 Å². The fraction of sp³-hybridized carbons (Fsp3) is 0.458. The van der Waals surface area contributed by atoms with Gasteiger partial charge in [-0.15, -0.1) is 11.3 Å². The average molecular weight is 476 g/mol. The molecular weight excluding hydrogens is 446 g/mol. The molecule has 2 aliphatic heterocycles. The molecule has 1 amide bonds. The zero-order valence-corrected chi connectivity index (χ0v) is 19.7. The summed E-state index contributed by atoms with van der Waals surface area (Å²) in [6.45, 7) is 4.38. The molecule has 172 valence electrons. The quantitative estimate of drug-likeness (QED) is 0.581. The molecule has 4 rings (SSSR count). The highest BCUT2D eigenvalue weighted by Gasteiger charge is 2.49. The Morgan fingerprint density at radius 3 is 2.69 bits per heavy atom. The van der Waals surface area contributed by atoms with Crippen LogP contribution in [0.2, 0.25) is 0 Å². The van der Waals surface area contributed by atoms with Gasteiger partial charge in [-0.2, -0.15) is 0 Å². The normalized spacial score (nSPS) is 25.2. The maximum atomic E-state index is 13.3. The smallest absolute Gasteiger partial charge is 0.245 e. The van der Waals surface area contributed by atoms with Gasteiger partial charge in [0, 0.05) is 22.8 Å². The molecule has 1 aromatic carbocycles. The highest BCUT2D eigenvalue weighted by molar-refractivity contribution is 7.92. The van der Waals surface area contributed by atoms with E-state index in [1.807, 2.05) is 36.4 Å². The Morgan fingerprint density at radius 1 is 1.19 bits per heavy atom. The van der Waals surface area contributed by atoms with Gasteiger partial charge in [-0.05, 0) is 48.9 Å². The van der Waals surface area contributed by atoms with E-state index in [9.17, 15) is 13.2 Å². The third kappa shape index (κ3) is 4.83. The number of carbonyl (C=O) groups is 1. The molecule has 1 aromatic heterocycles. The largest absolute Gasteiger partial charge is 0.350 e. The monoisotopic (exact) mass is 475 g/mol. The molecule has 2 aliphatic rings. The highest BCUT2D eigenvalue weighted by Crippen LogP contribution is 2.47. The van der Waals surface area contributed by atoms with E-state index in [1.54, 1.807) is 6.08 Å². The van der Waals surface area contributed by atoms with Crippen molar-refractivity contribution in [2.24, 2.45) is 0 Å². The number of ether oxygens (including phenoxy) is 1. The van der Waals surface area contributed by atoms with Crippen LogP contribution in [0.25, 0.3) is 16.5 Å². The van der Waals surface area contributed by atoms with Crippen LogP contribution in [-0.2, 0) is 29.0 Å². The molecular formula is C24H29NO5S2. The second kappa shape index (κ2) is 9.87. The second-order valence-corrected chi connectivity index (χ2v) is 11.9. The fourth-order valence-electron chi connectivity index (χ4n) is 4.37. The molecule has 6 nitrogen and oxygen atoms in total. The summed E-state index contributed by atoms with van der Waals surface area (Å²) in [5.74, 6) is -0.344. The molecule has 0 bridgehead atoms. The third-order valence-corrected chi connectivity index (χ3v) is 10.3. The molecule has 0 aliphatic carbocycles. The number of rotatable bonds is 7. The van der Waals surface area contributed by atoms with Crippen molar-refractivity contribution in [2.45, 2.75) is 56.0 Å². The first kappa shape index (κ1) is 23.2. The van der Waals surface area contributed by atoms with Gasteiger partial charge >= 0.3 is 0 Å². The van der Waals surface area contributed by atoms with Crippen LogP contribution in [0.5, 0.6) is 0 Å². The number of thiophene rings is 1. The molecule has 2 fully saturated rings. The first-order valence-corrected chi connectivity index (χ1v) is 13.5. The van der Waals surface area contributed by atoms with Gasteiger partial charge in [0.1, 0.15) is 4.75 Å². The highest BCUT2D eigenvalue weighted by atomic mass is 32.2. The maximum Gasteiger partial charge on any atom is 0.245 e. The van der Waals surface area contributed by atoms with Crippen LogP contribution in [0.1, 0.15) is 55.4 Å². The molecule has 0 spiro atoms. The third-order valence-electron chi connectivity index (χ3n) is 6.21. The predicted molar refractivity (Wildman–Crippen MR) is 127 cm³/mol. The zero-order valence-electron chi connectivity index (χ0n) is 18.0. The van der Waals surface area contributed by atoms with Crippen molar-refractivity contribution in [3.05, 3.63) is 53.4 Å². The second-order valence-electron chi connectivity index (χ2n) is 8.38. The van der Waals surface area contributed by atoms with Crippen LogP contribution < -0.4 is 5.48 Å². The van der Waals surface area contributed by atoms with Crippen molar-refractivity contribution in [1.29, 1.82) is 0 Å². The number of hydrogen-bond donors (Lipinski definition) is 1. The SMILES string of the molecule is C=Cc1ccc(-c2ccc([C@@]3(CC(=O)NOC4CCCCO4)CCCCS3(=O)=O)s2)cc1. The molecule has 1 N–H and O–H groups in total. The van der Waals surface area contributed by atoms with Gasteiger partial charge in [-0.3, -0.25) is 4.79 Å². The van der Waals surface area contributed by atoms with E-state index in [2.05, 4.69) is 12.1 Å². The molecule has 3 heterocycles. The van der Waals surface area contributed by atoms with Gasteiger partial charge in [-0.25, -0.2) is 18.7 Å². The van der Waals surface area contributed by atoms with Gasteiger partial charge in [0.2, 0.25) is 5.91 Å². The molecule has 1 unspecified atom stereocenters. The number of hydroxylamine groups is 1. The standard InChI is InChI=1S/C24H29NO5S2/c1-2-18-8-10-19(11-9-18)20-12-13-21(31-20)24(14-4-6-16-32(24,27)28)17-22(26)25-30-23-7-3-5-15-29-23/h2,8-13,23H,1,3-7,14-17H2,(H,25,26)/t23?,24-/m0/s1. The minimum atomic E-state index is -3.51. The van der Waals surface area contributed by atoms with Gasteiger partial charge in [0.25, 0.3) is 0 Å². The zero-order chi connectivity index (χ0) is 22.6. The number of benzene rings is 1. The number of carbonyl (C=O) groups excluding carboxylic acids is 1. The van der Waals surface area contributed by atoms with Crippen LogP contribution in [0.4, 0.5) is 0 Å². The Bertz CT molecular complexity index is 1050. The Morgan fingerprint density at radius 2 is 2.00 bits per heavy atom. The molecule has 2 atom stereocenters. The first-order chi connectivity index (χ1) is 15.4. The van der Waals surface area contributed by atoms with Crippen LogP contribution in [0.3, 0.4) is 0 Å². The minimum absolute atomic E-state index is 0.0914. The number of sulfone groups is 1. The summed E-state index contributed by atoms with van der Waals surface area (Å²) in [6.07, 6.45) is 5.64. The van der Waals surface area contributed by atoms with E-state index in [1.165, 1.54) is 11.3 Å². The van der Waals surface area contributed by atoms with Crippen LogP contribution in [0, 0.1) is 0 Å².